The van der Waals surface area contributed by atoms with Gasteiger partial charge in [-0.15, -0.1) is 0 Å². The zero-order chi connectivity index (χ0) is 26.9. The van der Waals surface area contributed by atoms with E-state index in [1.807, 2.05) is 13.8 Å². The summed E-state index contributed by atoms with van der Waals surface area (Å²) in [6.45, 7) is 8.67. The monoisotopic (exact) mass is 493 g/mol. The van der Waals surface area contributed by atoms with Crippen LogP contribution < -0.4 is 0 Å². The molecule has 0 radical (unpaired) electrons. The lowest BCUT2D eigenvalue weighted by atomic mass is 9.81. The number of hydrogen-bond donors (Lipinski definition) is 0. The number of nitro groups is 1. The summed E-state index contributed by atoms with van der Waals surface area (Å²) in [5.74, 6) is -2.49. The smallest absolute Gasteiger partial charge is 0.318 e. The molecule has 11 nitrogen and oxygen atoms in total. The van der Waals surface area contributed by atoms with Gasteiger partial charge in [0.15, 0.2) is 0 Å². The van der Waals surface area contributed by atoms with Crippen LogP contribution in [0.25, 0.3) is 11.1 Å². The van der Waals surface area contributed by atoms with E-state index in [0.717, 1.165) is 19.9 Å². The highest BCUT2D eigenvalue weighted by Gasteiger charge is 2.41. The van der Waals surface area contributed by atoms with Crippen molar-refractivity contribution in [2.45, 2.75) is 47.0 Å². The molecule has 0 unspecified atom stereocenters. The predicted molar refractivity (Wildman–Crippen MR) is 129 cm³/mol. The molecule has 11 heteroatoms. The van der Waals surface area contributed by atoms with Gasteiger partial charge in [0.1, 0.15) is 11.4 Å². The molecule has 1 aliphatic rings. The van der Waals surface area contributed by atoms with Crippen molar-refractivity contribution in [3.8, 4) is 11.1 Å². The van der Waals surface area contributed by atoms with Crippen LogP contribution in [0.15, 0.2) is 40.6 Å². The number of nitrogens with zero attached hydrogens (tertiary/aromatic N) is 3. The van der Waals surface area contributed by atoms with Crippen LogP contribution in [0.1, 0.15) is 73.4 Å². The lowest BCUT2D eigenvalue weighted by Gasteiger charge is -2.22. The molecule has 0 bridgehead atoms. The van der Waals surface area contributed by atoms with Gasteiger partial charge in [-0.25, -0.2) is 9.59 Å². The van der Waals surface area contributed by atoms with Crippen LogP contribution in [-0.4, -0.2) is 39.9 Å². The second-order valence-electron chi connectivity index (χ2n) is 8.74. The highest BCUT2D eigenvalue weighted by atomic mass is 16.7. The largest absolute Gasteiger partial charge is 0.331 e. The number of ketones is 2. The summed E-state index contributed by atoms with van der Waals surface area (Å²) >= 11 is 0. The van der Waals surface area contributed by atoms with Gasteiger partial charge in [-0.2, -0.15) is 0 Å². The van der Waals surface area contributed by atoms with Crippen molar-refractivity contribution in [3.05, 3.63) is 62.7 Å². The average Bonchev–Trinajstić information content (AvgIpc) is 3.05. The SMILES string of the molecule is CC(=O)O/N=C(\C)C(=O)c1ccc2c(c1)C(C)(C)c1cc(C(=O)/C(C)=N/OC(C)=O)cc([N+](=O)[O-])c1-2. The molecule has 186 valence electrons. The maximum absolute atomic E-state index is 12.9. The van der Waals surface area contributed by atoms with Crippen molar-refractivity contribution in [3.63, 3.8) is 0 Å². The van der Waals surface area contributed by atoms with Crippen molar-refractivity contribution in [1.82, 2.24) is 0 Å². The minimum absolute atomic E-state index is 0.00962. The Kier molecular flexibility index (Phi) is 6.96. The maximum atomic E-state index is 12.9. The molecule has 2 aromatic rings. The number of fused-ring (bicyclic) bond motifs is 3. The number of carbonyl (C=O) groups is 4. The number of hydrogen-bond acceptors (Lipinski definition) is 10. The number of rotatable bonds is 7. The second kappa shape index (κ2) is 9.61. The number of carbonyl (C=O) groups excluding carboxylic acids is 4. The van der Waals surface area contributed by atoms with E-state index in [1.54, 1.807) is 18.2 Å². The fraction of sp³-hybridized carbons (Fsp3) is 0.280. The van der Waals surface area contributed by atoms with Crippen LogP contribution in [0.3, 0.4) is 0 Å². The lowest BCUT2D eigenvalue weighted by molar-refractivity contribution is -0.384. The first-order chi connectivity index (χ1) is 16.7. The summed E-state index contributed by atoms with van der Waals surface area (Å²) in [5, 5.41) is 19.0. The third kappa shape index (κ3) is 4.81. The summed E-state index contributed by atoms with van der Waals surface area (Å²) in [4.78, 5) is 68.2. The van der Waals surface area contributed by atoms with E-state index in [0.29, 0.717) is 22.3 Å². The Labute approximate surface area is 205 Å². The van der Waals surface area contributed by atoms with Crippen LogP contribution in [0.5, 0.6) is 0 Å². The Morgan fingerprint density at radius 2 is 1.31 bits per heavy atom. The van der Waals surface area contributed by atoms with Gasteiger partial charge >= 0.3 is 11.9 Å². The van der Waals surface area contributed by atoms with Gasteiger partial charge in [0.05, 0.1) is 10.5 Å². The summed E-state index contributed by atoms with van der Waals surface area (Å²) < 4.78 is 0. The number of nitro benzene ring substituents is 1. The molecule has 0 saturated heterocycles. The van der Waals surface area contributed by atoms with Crippen LogP contribution in [0.2, 0.25) is 0 Å². The fourth-order valence-electron chi connectivity index (χ4n) is 4.01. The Hall–Kier alpha value is -4.54. The summed E-state index contributed by atoms with van der Waals surface area (Å²) in [6, 6.07) is 7.44. The normalized spacial score (nSPS) is 13.9. The van der Waals surface area contributed by atoms with E-state index >= 15 is 0 Å². The topological polar surface area (TPSA) is 155 Å². The molecule has 0 amide bonds. The molecule has 36 heavy (non-hydrogen) atoms. The first-order valence-electron chi connectivity index (χ1n) is 10.8. The van der Waals surface area contributed by atoms with Gasteiger partial charge in [0, 0.05) is 36.5 Å². The minimum atomic E-state index is -0.816. The van der Waals surface area contributed by atoms with Gasteiger partial charge in [-0.1, -0.05) is 36.3 Å². The molecule has 0 aromatic heterocycles. The molecule has 0 fully saturated rings. The van der Waals surface area contributed by atoms with E-state index < -0.39 is 33.8 Å². The fourth-order valence-corrected chi connectivity index (χ4v) is 4.01. The number of Topliss-reactive ketones (excluding diaryl/α,β-unsaturated/α-hetero) is 2. The zero-order valence-electron chi connectivity index (χ0n) is 20.5. The predicted octanol–water partition coefficient (Wildman–Crippen LogP) is 4.14. The van der Waals surface area contributed by atoms with E-state index in [1.165, 1.54) is 19.9 Å². The maximum Gasteiger partial charge on any atom is 0.331 e. The van der Waals surface area contributed by atoms with Crippen molar-refractivity contribution in [2.75, 3.05) is 0 Å². The van der Waals surface area contributed by atoms with Crippen LogP contribution >= 0.6 is 0 Å². The summed E-state index contributed by atoms with van der Waals surface area (Å²) in [6.07, 6.45) is 0. The van der Waals surface area contributed by atoms with Crippen LogP contribution in [0.4, 0.5) is 5.69 Å². The quantitative estimate of drug-likeness (QED) is 0.183. The molecule has 0 heterocycles. The Morgan fingerprint density at radius 3 is 1.81 bits per heavy atom. The van der Waals surface area contributed by atoms with Crippen molar-refractivity contribution in [1.29, 1.82) is 0 Å². The average molecular weight is 493 g/mol. The van der Waals surface area contributed by atoms with Gasteiger partial charge in [-0.05, 0) is 42.7 Å². The minimum Gasteiger partial charge on any atom is -0.318 e. The first-order valence-corrected chi connectivity index (χ1v) is 10.8. The molecule has 0 atom stereocenters. The van der Waals surface area contributed by atoms with E-state index in [-0.39, 0.29) is 28.2 Å². The van der Waals surface area contributed by atoms with Crippen molar-refractivity contribution >= 4 is 40.6 Å². The Balaban J connectivity index is 2.14. The molecule has 0 N–H and O–H groups in total. The van der Waals surface area contributed by atoms with E-state index in [9.17, 15) is 29.3 Å². The van der Waals surface area contributed by atoms with E-state index in [2.05, 4.69) is 20.0 Å². The van der Waals surface area contributed by atoms with Crippen LogP contribution in [0, 0.1) is 10.1 Å². The van der Waals surface area contributed by atoms with Gasteiger partial charge in [0.2, 0.25) is 11.6 Å². The molecule has 1 aliphatic carbocycles. The van der Waals surface area contributed by atoms with Gasteiger partial charge in [0.25, 0.3) is 5.69 Å². The van der Waals surface area contributed by atoms with Crippen molar-refractivity contribution < 1.29 is 33.8 Å². The van der Waals surface area contributed by atoms with Crippen LogP contribution in [-0.2, 0) is 24.7 Å². The molecule has 3 rings (SSSR count). The Bertz CT molecular complexity index is 1400. The molecule has 0 spiro atoms. The third-order valence-corrected chi connectivity index (χ3v) is 5.75. The lowest BCUT2D eigenvalue weighted by Crippen LogP contribution is -2.19. The number of benzene rings is 2. The van der Waals surface area contributed by atoms with Crippen molar-refractivity contribution in [2.24, 2.45) is 10.3 Å². The standard InChI is InChI=1S/C25H23N3O8/c1-12(26-35-14(3)29)23(31)16-7-8-18-19(9-16)25(5,6)20-10-17(11-21(22(18)20)28(33)34)24(32)13(2)27-36-15(4)30/h7-11H,1-6H3/b26-12+,27-13+. The first kappa shape index (κ1) is 26.1. The second-order valence-corrected chi connectivity index (χ2v) is 8.74. The molecular formula is C25H23N3O8. The third-order valence-electron chi connectivity index (χ3n) is 5.75. The van der Waals surface area contributed by atoms with Gasteiger partial charge < -0.3 is 9.68 Å². The zero-order valence-corrected chi connectivity index (χ0v) is 20.5. The van der Waals surface area contributed by atoms with Gasteiger partial charge in [-0.3, -0.25) is 19.7 Å². The molecule has 0 saturated carbocycles. The molecule has 2 aromatic carbocycles. The highest BCUT2D eigenvalue weighted by molar-refractivity contribution is 6.45. The summed E-state index contributed by atoms with van der Waals surface area (Å²) in [7, 11) is 0. The highest BCUT2D eigenvalue weighted by Crippen LogP contribution is 2.52. The number of oxime groups is 2. The van der Waals surface area contributed by atoms with E-state index in [4.69, 9.17) is 0 Å². The summed E-state index contributed by atoms with van der Waals surface area (Å²) in [5.41, 5.74) is 1.03. The molecular weight excluding hydrogens is 470 g/mol. The molecule has 0 aliphatic heterocycles. The Morgan fingerprint density at radius 1 is 0.806 bits per heavy atom.